The highest BCUT2D eigenvalue weighted by molar-refractivity contribution is 4.77. The maximum atomic E-state index is 8.62. The van der Waals surface area contributed by atoms with Gasteiger partial charge in [0.05, 0.1) is 6.61 Å². The van der Waals surface area contributed by atoms with E-state index in [4.69, 9.17) is 5.11 Å². The third kappa shape index (κ3) is 1.20. The Hall–Kier alpha value is -0.0800. The van der Waals surface area contributed by atoms with Crippen LogP contribution in [0.1, 0.15) is 13.3 Å². The minimum Gasteiger partial charge on any atom is -0.395 e. The van der Waals surface area contributed by atoms with Gasteiger partial charge in [0.15, 0.2) is 0 Å². The van der Waals surface area contributed by atoms with Gasteiger partial charge in [-0.25, -0.2) is 0 Å². The van der Waals surface area contributed by atoms with Gasteiger partial charge in [0.25, 0.3) is 0 Å². The molecule has 0 aliphatic carbocycles. The first-order valence-electron chi connectivity index (χ1n) is 3.17. The maximum Gasteiger partial charge on any atom is 0.0584 e. The Bertz CT molecular complexity index is 74.9. The second-order valence-corrected chi connectivity index (χ2v) is 2.63. The third-order valence-electron chi connectivity index (χ3n) is 1.66. The molecule has 0 aromatic rings. The molecule has 0 radical (unpaired) electrons. The Morgan fingerprint density at radius 1 is 1.75 bits per heavy atom. The lowest BCUT2D eigenvalue weighted by atomic mass is 10.1. The van der Waals surface area contributed by atoms with Gasteiger partial charge in [-0.15, -0.1) is 0 Å². The fourth-order valence-electron chi connectivity index (χ4n) is 1.16. The van der Waals surface area contributed by atoms with Crippen molar-refractivity contribution >= 4 is 0 Å². The molecule has 2 N–H and O–H groups in total. The van der Waals surface area contributed by atoms with Gasteiger partial charge in [-0.2, -0.15) is 0 Å². The summed E-state index contributed by atoms with van der Waals surface area (Å²) in [5.74, 6) is 0.757. The second-order valence-electron chi connectivity index (χ2n) is 2.63. The molecule has 0 aromatic heterocycles. The summed E-state index contributed by atoms with van der Waals surface area (Å²) in [6, 6.07) is 0.380. The summed E-state index contributed by atoms with van der Waals surface area (Å²) >= 11 is 0. The predicted molar refractivity (Wildman–Crippen MR) is 32.7 cm³/mol. The van der Waals surface area contributed by atoms with Crippen molar-refractivity contribution in [3.05, 3.63) is 0 Å². The zero-order chi connectivity index (χ0) is 5.98. The van der Waals surface area contributed by atoms with Gasteiger partial charge in [-0.3, -0.25) is 0 Å². The lowest BCUT2D eigenvalue weighted by Crippen LogP contribution is -2.24. The molecule has 8 heavy (non-hydrogen) atoms. The van der Waals surface area contributed by atoms with Crippen LogP contribution in [0.4, 0.5) is 0 Å². The lowest BCUT2D eigenvalue weighted by Gasteiger charge is -2.02. The van der Waals surface area contributed by atoms with E-state index in [9.17, 15) is 0 Å². The molecule has 0 unspecified atom stereocenters. The Morgan fingerprint density at radius 3 is 2.75 bits per heavy atom. The van der Waals surface area contributed by atoms with Gasteiger partial charge >= 0.3 is 0 Å². The van der Waals surface area contributed by atoms with Crippen molar-refractivity contribution in [3.8, 4) is 0 Å². The largest absolute Gasteiger partial charge is 0.395 e. The Kier molecular flexibility index (Phi) is 1.86. The van der Waals surface area contributed by atoms with Crippen molar-refractivity contribution < 1.29 is 5.11 Å². The second kappa shape index (κ2) is 2.46. The molecule has 1 saturated heterocycles. The summed E-state index contributed by atoms with van der Waals surface area (Å²) in [5.41, 5.74) is 0. The molecule has 0 spiro atoms. The van der Waals surface area contributed by atoms with Crippen molar-refractivity contribution in [2.75, 3.05) is 13.2 Å². The molecule has 1 heterocycles. The van der Waals surface area contributed by atoms with Crippen LogP contribution in [-0.2, 0) is 0 Å². The van der Waals surface area contributed by atoms with Gasteiger partial charge in [0.2, 0.25) is 0 Å². The molecule has 1 aliphatic rings. The van der Waals surface area contributed by atoms with Crippen molar-refractivity contribution in [1.82, 2.24) is 5.32 Å². The maximum absolute atomic E-state index is 8.62. The number of aliphatic hydroxyl groups excluding tert-OH is 1. The summed E-state index contributed by atoms with van der Waals surface area (Å²) in [4.78, 5) is 0. The first-order valence-corrected chi connectivity index (χ1v) is 3.17. The highest BCUT2D eigenvalue weighted by atomic mass is 16.3. The molecule has 2 atom stereocenters. The van der Waals surface area contributed by atoms with E-state index in [1.165, 1.54) is 0 Å². The lowest BCUT2D eigenvalue weighted by molar-refractivity contribution is 0.253. The third-order valence-corrected chi connectivity index (χ3v) is 1.66. The van der Waals surface area contributed by atoms with Crippen LogP contribution >= 0.6 is 0 Å². The van der Waals surface area contributed by atoms with Crippen LogP contribution in [0, 0.1) is 5.92 Å². The molecule has 2 nitrogen and oxygen atoms in total. The topological polar surface area (TPSA) is 32.3 Å². The molecule has 0 amide bonds. The number of hydrogen-bond acceptors (Lipinski definition) is 2. The van der Waals surface area contributed by atoms with Crippen LogP contribution in [0.25, 0.3) is 0 Å². The summed E-state index contributed by atoms with van der Waals surface area (Å²) in [6.07, 6.45) is 1.14. The summed E-state index contributed by atoms with van der Waals surface area (Å²) in [6.45, 7) is 3.57. The summed E-state index contributed by atoms with van der Waals surface area (Å²) in [7, 11) is 0. The van der Waals surface area contributed by atoms with Crippen molar-refractivity contribution in [1.29, 1.82) is 0 Å². The fraction of sp³-hybridized carbons (Fsp3) is 1.00. The molecule has 1 rings (SSSR count). The summed E-state index contributed by atoms with van der Waals surface area (Å²) < 4.78 is 0. The van der Waals surface area contributed by atoms with Crippen LogP contribution in [0.3, 0.4) is 0 Å². The Morgan fingerprint density at radius 2 is 2.50 bits per heavy atom. The molecular weight excluding hydrogens is 102 g/mol. The zero-order valence-corrected chi connectivity index (χ0v) is 5.22. The highest BCUT2D eigenvalue weighted by Crippen LogP contribution is 2.11. The highest BCUT2D eigenvalue weighted by Gasteiger charge is 2.18. The van der Waals surface area contributed by atoms with Gasteiger partial charge in [0, 0.05) is 6.04 Å². The first kappa shape index (κ1) is 6.05. The molecule has 0 aromatic carbocycles. The van der Waals surface area contributed by atoms with E-state index in [0.717, 1.165) is 18.9 Å². The fourth-order valence-corrected chi connectivity index (χ4v) is 1.16. The van der Waals surface area contributed by atoms with Crippen molar-refractivity contribution in [3.63, 3.8) is 0 Å². The molecule has 0 bridgehead atoms. The Labute approximate surface area is 49.9 Å². The smallest absolute Gasteiger partial charge is 0.0584 e. The Balaban J connectivity index is 2.22. The van der Waals surface area contributed by atoms with Crippen LogP contribution in [0.2, 0.25) is 0 Å². The van der Waals surface area contributed by atoms with Crippen LogP contribution in [0.5, 0.6) is 0 Å². The van der Waals surface area contributed by atoms with Crippen LogP contribution in [-0.4, -0.2) is 24.3 Å². The quantitative estimate of drug-likeness (QED) is 0.503. The van der Waals surface area contributed by atoms with Gasteiger partial charge in [-0.1, -0.05) is 6.92 Å². The van der Waals surface area contributed by atoms with E-state index in [1.54, 1.807) is 0 Å². The molecule has 1 fully saturated rings. The van der Waals surface area contributed by atoms with Gasteiger partial charge in [-0.05, 0) is 18.9 Å². The first-order chi connectivity index (χ1) is 3.83. The average Bonchev–Trinajstić information content (AvgIpc) is 2.14. The molecule has 2 heteroatoms. The number of rotatable bonds is 1. The SMILES string of the molecule is C[C@@H]1CN[C@@H](CO)C1. The van der Waals surface area contributed by atoms with E-state index in [0.29, 0.717) is 12.6 Å². The standard InChI is InChI=1S/C6H13NO/c1-5-2-6(4-8)7-3-5/h5-8H,2-4H2,1H3/t5-,6+/m0/s1. The average molecular weight is 115 g/mol. The predicted octanol–water partition coefficient (Wildman–Crippen LogP) is -0.0233. The number of nitrogens with one attached hydrogen (secondary N) is 1. The number of hydrogen-bond donors (Lipinski definition) is 2. The normalized spacial score (nSPS) is 38.2. The minimum atomic E-state index is 0.296. The zero-order valence-electron chi connectivity index (χ0n) is 5.22. The van der Waals surface area contributed by atoms with Crippen LogP contribution < -0.4 is 5.32 Å². The summed E-state index contributed by atoms with van der Waals surface area (Å²) in [5, 5.41) is 11.8. The van der Waals surface area contributed by atoms with Gasteiger partial charge < -0.3 is 10.4 Å². The minimum absolute atomic E-state index is 0.296. The van der Waals surface area contributed by atoms with E-state index in [1.807, 2.05) is 0 Å². The number of aliphatic hydroxyl groups is 1. The van der Waals surface area contributed by atoms with Crippen molar-refractivity contribution in [2.24, 2.45) is 5.92 Å². The van der Waals surface area contributed by atoms with E-state index >= 15 is 0 Å². The van der Waals surface area contributed by atoms with Crippen LogP contribution in [0.15, 0.2) is 0 Å². The van der Waals surface area contributed by atoms with E-state index in [-0.39, 0.29) is 0 Å². The molecule has 0 saturated carbocycles. The van der Waals surface area contributed by atoms with Crippen molar-refractivity contribution in [2.45, 2.75) is 19.4 Å². The van der Waals surface area contributed by atoms with E-state index in [2.05, 4.69) is 12.2 Å². The van der Waals surface area contributed by atoms with E-state index < -0.39 is 0 Å². The molecule has 1 aliphatic heterocycles. The van der Waals surface area contributed by atoms with Gasteiger partial charge in [0.1, 0.15) is 0 Å². The monoisotopic (exact) mass is 115 g/mol. The molecular formula is C6H13NO. The molecule has 48 valence electrons.